The first-order valence-electron chi connectivity index (χ1n) is 12.7. The number of hydrogen-bond donors (Lipinski definition) is 2. The van der Waals surface area contributed by atoms with Crippen molar-refractivity contribution in [2.45, 2.75) is 98.6 Å². The fourth-order valence-electron chi connectivity index (χ4n) is 4.18. The molecule has 0 aromatic carbocycles. The minimum atomic E-state index is -1.31. The fraction of sp³-hybridized carbons (Fsp3) is 0.621. The van der Waals surface area contributed by atoms with E-state index >= 15 is 0 Å². The number of carbonyl (C=O) groups is 2. The molecule has 0 saturated heterocycles. The third-order valence-electron chi connectivity index (χ3n) is 6.91. The Balaban J connectivity index is 2.38. The summed E-state index contributed by atoms with van der Waals surface area (Å²) in [5.41, 5.74) is 1.38. The molecule has 2 N–H and O–H groups in total. The molecule has 0 amide bonds. The molecule has 0 saturated carbocycles. The maximum atomic E-state index is 13.5. The lowest BCUT2D eigenvalue weighted by Crippen LogP contribution is -2.48. The highest BCUT2D eigenvalue weighted by molar-refractivity contribution is 7.09. The Morgan fingerprint density at radius 2 is 2.00 bits per heavy atom. The number of aliphatic hydroxyl groups is 2. The molecular formula is C29H41NO6S. The molecule has 0 aliphatic carbocycles. The van der Waals surface area contributed by atoms with Crippen molar-refractivity contribution in [3.05, 3.63) is 33.3 Å². The molecule has 37 heavy (non-hydrogen) atoms. The molecule has 1 aliphatic rings. The van der Waals surface area contributed by atoms with E-state index in [1.807, 2.05) is 38.3 Å². The van der Waals surface area contributed by atoms with Crippen LogP contribution in [0.3, 0.4) is 0 Å². The van der Waals surface area contributed by atoms with E-state index in [0.29, 0.717) is 19.4 Å². The minimum Gasteiger partial charge on any atom is -0.457 e. The third-order valence-corrected chi connectivity index (χ3v) is 7.70. The summed E-state index contributed by atoms with van der Waals surface area (Å²) < 4.78 is 11.7. The van der Waals surface area contributed by atoms with Crippen LogP contribution < -0.4 is 0 Å². The zero-order chi connectivity index (χ0) is 27.8. The van der Waals surface area contributed by atoms with Crippen LogP contribution in [0, 0.1) is 30.1 Å². The van der Waals surface area contributed by atoms with Crippen molar-refractivity contribution in [2.24, 2.45) is 11.3 Å². The van der Waals surface area contributed by atoms with E-state index in [0.717, 1.165) is 21.8 Å². The monoisotopic (exact) mass is 531 g/mol. The second-order valence-corrected chi connectivity index (χ2v) is 11.4. The summed E-state index contributed by atoms with van der Waals surface area (Å²) in [6.45, 7) is 12.7. The average Bonchev–Trinajstić information content (AvgIpc) is 3.24. The molecule has 1 aromatic rings. The van der Waals surface area contributed by atoms with Crippen molar-refractivity contribution in [3.63, 3.8) is 0 Å². The van der Waals surface area contributed by atoms with Crippen LogP contribution in [0.2, 0.25) is 0 Å². The van der Waals surface area contributed by atoms with Crippen molar-refractivity contribution in [2.75, 3.05) is 6.61 Å². The number of rotatable bonds is 3. The topological polar surface area (TPSA) is 106 Å². The Hall–Kier alpha value is -2.31. The molecule has 7 nitrogen and oxygen atoms in total. The lowest BCUT2D eigenvalue weighted by molar-refractivity contribution is -0.155. The van der Waals surface area contributed by atoms with E-state index in [1.54, 1.807) is 39.0 Å². The second kappa shape index (κ2) is 14.0. The van der Waals surface area contributed by atoms with Gasteiger partial charge in [0.15, 0.2) is 0 Å². The molecule has 2 rings (SSSR count). The number of aryl methyl sites for hydroxylation is 1. The van der Waals surface area contributed by atoms with Gasteiger partial charge in [-0.15, -0.1) is 23.2 Å². The van der Waals surface area contributed by atoms with E-state index in [4.69, 9.17) is 9.47 Å². The predicted octanol–water partition coefficient (Wildman–Crippen LogP) is 4.65. The highest BCUT2D eigenvalue weighted by Crippen LogP contribution is 2.32. The summed E-state index contributed by atoms with van der Waals surface area (Å²) in [4.78, 5) is 31.0. The lowest BCUT2D eigenvalue weighted by atomic mass is 9.72. The number of ether oxygens (including phenoxy) is 2. The Morgan fingerprint density at radius 1 is 1.30 bits per heavy atom. The number of hydrogen-bond acceptors (Lipinski definition) is 8. The first-order chi connectivity index (χ1) is 17.4. The Labute approximate surface area is 225 Å². The summed E-state index contributed by atoms with van der Waals surface area (Å²) in [7, 11) is 0. The number of aromatic nitrogens is 1. The van der Waals surface area contributed by atoms with Gasteiger partial charge in [-0.05, 0) is 52.7 Å². The smallest absolute Gasteiger partial charge is 0.309 e. The maximum absolute atomic E-state index is 13.5. The van der Waals surface area contributed by atoms with Gasteiger partial charge in [0.25, 0.3) is 0 Å². The van der Waals surface area contributed by atoms with E-state index in [9.17, 15) is 19.8 Å². The molecule has 8 heteroatoms. The van der Waals surface area contributed by atoms with Gasteiger partial charge >= 0.3 is 5.97 Å². The van der Waals surface area contributed by atoms with Crippen LogP contribution in [-0.4, -0.2) is 58.0 Å². The van der Waals surface area contributed by atoms with Gasteiger partial charge in [-0.3, -0.25) is 9.59 Å². The SMILES string of the molecule is CC#CC[C@H]1C(=O)C(C)(C)[C@@H](O)CC(=O)O[C@H](/C(C)=C/c2csc(C)n2)C/C=C(/C)CCO[C@H](C)[C@H]1O. The van der Waals surface area contributed by atoms with Crippen LogP contribution >= 0.6 is 11.3 Å². The third kappa shape index (κ3) is 8.89. The number of thiazole rings is 1. The van der Waals surface area contributed by atoms with Crippen LogP contribution in [0.4, 0.5) is 0 Å². The number of nitrogens with zero attached hydrogens (tertiary/aromatic N) is 1. The fourth-order valence-corrected chi connectivity index (χ4v) is 4.75. The predicted molar refractivity (Wildman–Crippen MR) is 146 cm³/mol. The van der Waals surface area contributed by atoms with Crippen LogP contribution in [0.5, 0.6) is 0 Å². The highest BCUT2D eigenvalue weighted by atomic mass is 32.1. The summed E-state index contributed by atoms with van der Waals surface area (Å²) in [6.07, 6.45) is 1.23. The summed E-state index contributed by atoms with van der Waals surface area (Å²) in [5.74, 6) is 3.82. The number of carbonyl (C=O) groups excluding carboxylic acids is 2. The van der Waals surface area contributed by atoms with Crippen LogP contribution in [0.25, 0.3) is 6.08 Å². The normalized spacial score (nSPS) is 30.0. The van der Waals surface area contributed by atoms with E-state index in [1.165, 1.54) is 0 Å². The van der Waals surface area contributed by atoms with Crippen LogP contribution in [0.1, 0.15) is 77.9 Å². The summed E-state index contributed by atoms with van der Waals surface area (Å²) in [5, 5.41) is 24.9. The van der Waals surface area contributed by atoms with E-state index in [-0.39, 0.29) is 18.6 Å². The van der Waals surface area contributed by atoms with Crippen molar-refractivity contribution < 1.29 is 29.3 Å². The molecular weight excluding hydrogens is 490 g/mol. The Bertz CT molecular complexity index is 1060. The molecule has 0 spiro atoms. The molecule has 1 aromatic heterocycles. The van der Waals surface area contributed by atoms with Gasteiger partial charge in [0.1, 0.15) is 11.9 Å². The van der Waals surface area contributed by atoms with Gasteiger partial charge in [-0.2, -0.15) is 0 Å². The zero-order valence-corrected chi connectivity index (χ0v) is 23.9. The first-order valence-corrected chi connectivity index (χ1v) is 13.6. The first kappa shape index (κ1) is 30.9. The largest absolute Gasteiger partial charge is 0.457 e. The molecule has 0 fully saturated rings. The van der Waals surface area contributed by atoms with E-state index in [2.05, 4.69) is 16.8 Å². The molecule has 0 unspecified atom stereocenters. The Kier molecular flexibility index (Phi) is 11.7. The number of ketones is 1. The second-order valence-electron chi connectivity index (χ2n) is 10.3. The van der Waals surface area contributed by atoms with Crippen LogP contribution in [-0.2, 0) is 19.1 Å². The quantitative estimate of drug-likeness (QED) is 0.332. The maximum Gasteiger partial charge on any atom is 0.309 e. The molecule has 204 valence electrons. The highest BCUT2D eigenvalue weighted by Gasteiger charge is 2.44. The number of esters is 1. The van der Waals surface area contributed by atoms with Crippen molar-refractivity contribution >= 4 is 29.2 Å². The van der Waals surface area contributed by atoms with Gasteiger partial charge in [0, 0.05) is 18.2 Å². The van der Waals surface area contributed by atoms with Gasteiger partial charge in [0.2, 0.25) is 0 Å². The average molecular weight is 532 g/mol. The molecule has 0 radical (unpaired) electrons. The molecule has 0 bridgehead atoms. The molecule has 1 aliphatic heterocycles. The van der Waals surface area contributed by atoms with Gasteiger partial charge in [0.05, 0.1) is 53.4 Å². The molecule has 5 atom stereocenters. The Morgan fingerprint density at radius 3 is 2.62 bits per heavy atom. The van der Waals surface area contributed by atoms with Gasteiger partial charge in [-0.1, -0.05) is 25.5 Å². The van der Waals surface area contributed by atoms with Gasteiger partial charge < -0.3 is 19.7 Å². The summed E-state index contributed by atoms with van der Waals surface area (Å²) in [6, 6.07) is 0. The number of Topliss-reactive ketones (excluding diaryl/α,β-unsaturated/α-hetero) is 1. The number of cyclic esters (lactones) is 1. The minimum absolute atomic E-state index is 0.131. The molecule has 2 heterocycles. The number of aliphatic hydroxyl groups excluding tert-OH is 2. The van der Waals surface area contributed by atoms with Crippen molar-refractivity contribution in [1.29, 1.82) is 0 Å². The lowest BCUT2D eigenvalue weighted by Gasteiger charge is -2.35. The summed E-state index contributed by atoms with van der Waals surface area (Å²) >= 11 is 1.55. The van der Waals surface area contributed by atoms with E-state index < -0.39 is 41.7 Å². The zero-order valence-electron chi connectivity index (χ0n) is 23.0. The van der Waals surface area contributed by atoms with Gasteiger partial charge in [-0.25, -0.2) is 4.98 Å². The standard InChI is InChI=1S/C29H41NO6S/c1-8-9-10-23-27(33)20(4)35-14-13-18(2)11-12-24(19(3)15-22-17-37-21(5)30-22)36-26(32)16-25(31)29(6,7)28(23)34/h11,15,17,20,23-25,27,31,33H,10,12-14,16H2,1-7H3/b18-11-,19-15+/t20-,23-,24+,25+,27-/m1/s1. The van der Waals surface area contributed by atoms with Crippen molar-refractivity contribution in [3.8, 4) is 11.8 Å². The van der Waals surface area contributed by atoms with Crippen molar-refractivity contribution in [1.82, 2.24) is 4.98 Å². The van der Waals surface area contributed by atoms with Crippen LogP contribution in [0.15, 0.2) is 22.6 Å².